The lowest BCUT2D eigenvalue weighted by Crippen LogP contribution is -2.18. The van der Waals surface area contributed by atoms with Gasteiger partial charge in [-0.3, -0.25) is 0 Å². The first-order valence-corrected chi connectivity index (χ1v) is 13.4. The van der Waals surface area contributed by atoms with Gasteiger partial charge in [0.05, 0.1) is 0 Å². The number of rotatable bonds is 9. The van der Waals surface area contributed by atoms with Crippen molar-refractivity contribution in [2.24, 2.45) is 0 Å². The van der Waals surface area contributed by atoms with E-state index in [1.807, 2.05) is 23.9 Å². The molecule has 0 aliphatic heterocycles. The highest BCUT2D eigenvalue weighted by Crippen LogP contribution is 2.39. The van der Waals surface area contributed by atoms with Crippen LogP contribution in [0.1, 0.15) is 98.1 Å². The number of thioether (sulfide) groups is 1. The fourth-order valence-electron chi connectivity index (χ4n) is 3.94. The number of fused-ring (bicyclic) bond motifs is 1. The summed E-state index contributed by atoms with van der Waals surface area (Å²) in [6, 6.07) is 10.4. The van der Waals surface area contributed by atoms with Crippen LogP contribution in [0, 0.1) is 0 Å². The van der Waals surface area contributed by atoms with E-state index in [-0.39, 0.29) is 16.6 Å². The van der Waals surface area contributed by atoms with Gasteiger partial charge in [-0.05, 0) is 52.8 Å². The third-order valence-electron chi connectivity index (χ3n) is 6.10. The Morgan fingerprint density at radius 1 is 0.818 bits per heavy atom. The van der Waals surface area contributed by atoms with Gasteiger partial charge in [0.2, 0.25) is 0 Å². The van der Waals surface area contributed by atoms with Crippen LogP contribution in [-0.4, -0.2) is 25.9 Å². The average Bonchev–Trinajstić information content (AvgIpc) is 3.14. The molecule has 0 amide bonds. The highest BCUT2D eigenvalue weighted by atomic mass is 32.2. The van der Waals surface area contributed by atoms with E-state index in [1.54, 1.807) is 4.80 Å². The van der Waals surface area contributed by atoms with Gasteiger partial charge < -0.3 is 5.11 Å². The van der Waals surface area contributed by atoms with Gasteiger partial charge in [0.15, 0.2) is 0 Å². The Hall–Kier alpha value is -2.01. The molecule has 2 aromatic carbocycles. The fourth-order valence-corrected chi connectivity index (χ4v) is 4.88. The molecule has 0 spiro atoms. The van der Waals surface area contributed by atoms with Crippen molar-refractivity contribution in [3.05, 3.63) is 41.5 Å². The summed E-state index contributed by atoms with van der Waals surface area (Å²) >= 11 is 1.89. The molecule has 1 heterocycles. The monoisotopic (exact) mass is 467 g/mol. The molecule has 180 valence electrons. The second-order valence-electron chi connectivity index (χ2n) is 11.1. The topological polar surface area (TPSA) is 50.9 Å². The van der Waals surface area contributed by atoms with Crippen LogP contribution in [0.3, 0.4) is 0 Å². The van der Waals surface area contributed by atoms with Crippen LogP contribution in [0.25, 0.3) is 16.7 Å². The first-order valence-electron chi connectivity index (χ1n) is 12.4. The number of hydrogen-bond donors (Lipinski definition) is 1. The van der Waals surface area contributed by atoms with E-state index >= 15 is 0 Å². The molecule has 0 aliphatic carbocycles. The van der Waals surface area contributed by atoms with E-state index in [0.717, 1.165) is 27.9 Å². The van der Waals surface area contributed by atoms with Crippen LogP contribution in [-0.2, 0) is 10.8 Å². The molecule has 0 atom stereocenters. The molecular weight excluding hydrogens is 426 g/mol. The van der Waals surface area contributed by atoms with Gasteiger partial charge >= 0.3 is 0 Å². The minimum absolute atomic E-state index is 0.0463. The number of hydrogen-bond acceptors (Lipinski definition) is 4. The van der Waals surface area contributed by atoms with Crippen molar-refractivity contribution in [1.82, 2.24) is 15.0 Å². The van der Waals surface area contributed by atoms with Crippen molar-refractivity contribution in [3.63, 3.8) is 0 Å². The van der Waals surface area contributed by atoms with Gasteiger partial charge in [-0.25, -0.2) is 0 Å². The molecule has 5 heteroatoms. The van der Waals surface area contributed by atoms with Crippen LogP contribution in [0.4, 0.5) is 0 Å². The maximum absolute atomic E-state index is 11.2. The second kappa shape index (κ2) is 10.5. The molecule has 0 aliphatic rings. The zero-order valence-corrected chi connectivity index (χ0v) is 22.4. The lowest BCUT2D eigenvalue weighted by atomic mass is 9.80. The third-order valence-corrected chi connectivity index (χ3v) is 7.18. The summed E-state index contributed by atoms with van der Waals surface area (Å²) in [6.07, 6.45) is 7.91. The maximum Gasteiger partial charge on any atom is 0.146 e. The number of nitrogens with zero attached hydrogens (tertiary/aromatic N) is 3. The summed E-state index contributed by atoms with van der Waals surface area (Å²) in [5.74, 6) is 1.39. The quantitative estimate of drug-likeness (QED) is 0.255. The van der Waals surface area contributed by atoms with Crippen molar-refractivity contribution in [3.8, 4) is 11.4 Å². The molecular formula is C28H41N3OS. The van der Waals surface area contributed by atoms with Gasteiger partial charge in [-0.2, -0.15) is 0 Å². The number of aromatic hydroxyl groups is 1. The molecule has 0 saturated heterocycles. The normalized spacial score (nSPS) is 12.6. The van der Waals surface area contributed by atoms with Gasteiger partial charge in [-0.1, -0.05) is 86.6 Å². The molecule has 0 bridgehead atoms. The van der Waals surface area contributed by atoms with E-state index in [0.29, 0.717) is 5.69 Å². The van der Waals surface area contributed by atoms with Gasteiger partial charge in [0.1, 0.15) is 22.5 Å². The predicted octanol–water partition coefficient (Wildman–Crippen LogP) is 8.17. The minimum Gasteiger partial charge on any atom is -0.505 e. The smallest absolute Gasteiger partial charge is 0.146 e. The summed E-state index contributed by atoms with van der Waals surface area (Å²) < 4.78 is 0. The van der Waals surface area contributed by atoms with Crippen LogP contribution >= 0.6 is 11.8 Å². The van der Waals surface area contributed by atoms with Crippen molar-refractivity contribution in [2.75, 3.05) is 5.75 Å². The third kappa shape index (κ3) is 6.53. The van der Waals surface area contributed by atoms with Crippen LogP contribution in [0.5, 0.6) is 5.75 Å². The molecule has 0 radical (unpaired) electrons. The van der Waals surface area contributed by atoms with Crippen LogP contribution in [0.15, 0.2) is 35.2 Å². The first-order chi connectivity index (χ1) is 15.5. The number of benzene rings is 2. The average molecular weight is 468 g/mol. The lowest BCUT2D eigenvalue weighted by Gasteiger charge is -2.27. The molecule has 0 fully saturated rings. The highest BCUT2D eigenvalue weighted by Gasteiger charge is 2.26. The van der Waals surface area contributed by atoms with Gasteiger partial charge in [0.25, 0.3) is 0 Å². The van der Waals surface area contributed by atoms with E-state index in [9.17, 15) is 5.11 Å². The second-order valence-corrected chi connectivity index (χ2v) is 12.3. The molecule has 0 saturated carbocycles. The summed E-state index contributed by atoms with van der Waals surface area (Å²) in [5.41, 5.74) is 4.20. The van der Waals surface area contributed by atoms with Crippen molar-refractivity contribution in [1.29, 1.82) is 0 Å². The van der Waals surface area contributed by atoms with E-state index in [2.05, 4.69) is 66.7 Å². The van der Waals surface area contributed by atoms with Crippen molar-refractivity contribution < 1.29 is 5.11 Å². The Balaban J connectivity index is 1.84. The SMILES string of the molecule is CCCCCCCCSc1ccc2nn(-c3cc(C(C)(C)C)cc(C(C)(C)C)c3O)nc2c1. The predicted molar refractivity (Wildman–Crippen MR) is 142 cm³/mol. The zero-order chi connectivity index (χ0) is 24.2. The largest absolute Gasteiger partial charge is 0.505 e. The van der Waals surface area contributed by atoms with Crippen molar-refractivity contribution >= 4 is 22.8 Å². The standard InChI is InChI=1S/C28H41N3OS/c1-8-9-10-11-12-13-16-33-21-14-15-23-24(19-21)30-31(29-23)25-18-20(27(2,3)4)17-22(26(25)32)28(5,6)7/h14-15,17-19,32H,8-13,16H2,1-7H3. The number of unbranched alkanes of at least 4 members (excludes halogenated alkanes) is 5. The Kier molecular flexibility index (Phi) is 8.15. The summed E-state index contributed by atoms with van der Waals surface area (Å²) in [5, 5.41) is 20.6. The Morgan fingerprint density at radius 2 is 1.48 bits per heavy atom. The number of aromatic nitrogens is 3. The van der Waals surface area contributed by atoms with E-state index < -0.39 is 0 Å². The van der Waals surface area contributed by atoms with Crippen LogP contribution < -0.4 is 0 Å². The molecule has 1 N–H and O–H groups in total. The Morgan fingerprint density at radius 3 is 2.15 bits per heavy atom. The number of phenols is 1. The Bertz CT molecular complexity index is 1070. The summed E-state index contributed by atoms with van der Waals surface area (Å²) in [4.78, 5) is 2.83. The first kappa shape index (κ1) is 25.6. The van der Waals surface area contributed by atoms with Crippen molar-refractivity contribution in [2.45, 2.75) is 103 Å². The molecule has 0 unspecified atom stereocenters. The number of phenolic OH excluding ortho intramolecular Hbond substituents is 1. The van der Waals surface area contributed by atoms with Gasteiger partial charge in [0, 0.05) is 10.5 Å². The molecule has 33 heavy (non-hydrogen) atoms. The molecule has 3 rings (SSSR count). The van der Waals surface area contributed by atoms with Gasteiger partial charge in [-0.15, -0.1) is 26.8 Å². The van der Waals surface area contributed by atoms with E-state index in [4.69, 9.17) is 10.2 Å². The Labute approximate surface area is 204 Å². The highest BCUT2D eigenvalue weighted by molar-refractivity contribution is 7.99. The fraction of sp³-hybridized carbons (Fsp3) is 0.571. The lowest BCUT2D eigenvalue weighted by molar-refractivity contribution is 0.438. The van der Waals surface area contributed by atoms with E-state index in [1.165, 1.54) is 43.4 Å². The molecule has 4 nitrogen and oxygen atoms in total. The molecule has 1 aromatic heterocycles. The van der Waals surface area contributed by atoms with Crippen LogP contribution in [0.2, 0.25) is 0 Å². The summed E-state index contributed by atoms with van der Waals surface area (Å²) in [7, 11) is 0. The summed E-state index contributed by atoms with van der Waals surface area (Å²) in [6.45, 7) is 15.2. The maximum atomic E-state index is 11.2. The minimum atomic E-state index is -0.187. The zero-order valence-electron chi connectivity index (χ0n) is 21.5. The molecule has 3 aromatic rings.